The molecule has 4 aromatic rings. The number of halogens is 4. The molecule has 0 aromatic heterocycles. The highest BCUT2D eigenvalue weighted by Gasteiger charge is 2.36. The first-order valence-corrected chi connectivity index (χ1v) is 17.2. The van der Waals surface area contributed by atoms with Crippen LogP contribution in [0.2, 0.25) is 20.1 Å². The van der Waals surface area contributed by atoms with Crippen molar-refractivity contribution in [2.75, 3.05) is 10.8 Å². The summed E-state index contributed by atoms with van der Waals surface area (Å²) in [7, 11) is -4.35. The third-order valence-electron chi connectivity index (χ3n) is 6.95. The zero-order valence-corrected chi connectivity index (χ0v) is 29.2. The summed E-state index contributed by atoms with van der Waals surface area (Å²) in [5.41, 5.74) is 0.547. The molecule has 0 heterocycles. The van der Waals surface area contributed by atoms with Crippen molar-refractivity contribution in [3.8, 4) is 0 Å². The zero-order valence-electron chi connectivity index (χ0n) is 25.4. The molecule has 0 radical (unpaired) electrons. The van der Waals surface area contributed by atoms with Gasteiger partial charge < -0.3 is 10.2 Å². The van der Waals surface area contributed by atoms with Gasteiger partial charge in [0.2, 0.25) is 11.8 Å². The third kappa shape index (κ3) is 8.96. The first kappa shape index (κ1) is 35.6. The van der Waals surface area contributed by atoms with Crippen molar-refractivity contribution in [3.63, 3.8) is 0 Å². The van der Waals surface area contributed by atoms with Crippen molar-refractivity contribution in [3.05, 3.63) is 128 Å². The monoisotopic (exact) mass is 719 g/mol. The molecule has 1 unspecified atom stereocenters. The smallest absolute Gasteiger partial charge is 0.264 e. The molecule has 242 valence electrons. The highest BCUT2D eigenvalue weighted by Crippen LogP contribution is 2.34. The van der Waals surface area contributed by atoms with Gasteiger partial charge in [-0.2, -0.15) is 0 Å². The Morgan fingerprint density at radius 3 is 1.96 bits per heavy atom. The molecular formula is C34H33Cl4N3O4S. The summed E-state index contributed by atoms with van der Waals surface area (Å²) in [6, 6.07) is 25.1. The molecule has 0 bridgehead atoms. The maximum absolute atomic E-state index is 14.6. The normalized spacial score (nSPS) is 12.3. The number of anilines is 1. The molecule has 0 spiro atoms. The van der Waals surface area contributed by atoms with Crippen molar-refractivity contribution >= 4 is 73.9 Å². The fraction of sp³-hybridized carbons (Fsp3) is 0.235. The second kappa shape index (κ2) is 15.1. The predicted octanol–water partition coefficient (Wildman–Crippen LogP) is 8.05. The molecule has 0 fully saturated rings. The lowest BCUT2D eigenvalue weighted by Gasteiger charge is -2.35. The van der Waals surface area contributed by atoms with Crippen LogP contribution in [-0.4, -0.2) is 43.3 Å². The van der Waals surface area contributed by atoms with E-state index in [4.69, 9.17) is 46.4 Å². The highest BCUT2D eigenvalue weighted by atomic mass is 35.5. The van der Waals surface area contributed by atoms with Crippen LogP contribution in [0.1, 0.15) is 31.9 Å². The summed E-state index contributed by atoms with van der Waals surface area (Å²) >= 11 is 25.9. The zero-order chi connectivity index (χ0) is 33.6. The Kier molecular flexibility index (Phi) is 11.7. The van der Waals surface area contributed by atoms with Gasteiger partial charge in [0.15, 0.2) is 0 Å². The number of amides is 2. The van der Waals surface area contributed by atoms with Crippen LogP contribution in [0.5, 0.6) is 0 Å². The SMILES string of the molecule is CC(C)(C)NC(=O)C(Cc1ccccc1)N(Cc1c(Cl)cccc1Cl)C(=O)CN(c1cc(Cl)ccc1Cl)S(=O)(=O)c1ccccc1. The maximum Gasteiger partial charge on any atom is 0.264 e. The lowest BCUT2D eigenvalue weighted by atomic mass is 10.0. The summed E-state index contributed by atoms with van der Waals surface area (Å²) in [5.74, 6) is -1.14. The molecule has 4 aromatic carbocycles. The number of benzene rings is 4. The Morgan fingerprint density at radius 2 is 1.37 bits per heavy atom. The van der Waals surface area contributed by atoms with E-state index in [9.17, 15) is 18.0 Å². The van der Waals surface area contributed by atoms with Crippen molar-refractivity contribution < 1.29 is 18.0 Å². The Morgan fingerprint density at radius 1 is 0.783 bits per heavy atom. The van der Waals surface area contributed by atoms with E-state index in [1.54, 1.807) is 36.4 Å². The second-order valence-corrected chi connectivity index (χ2v) is 15.1. The van der Waals surface area contributed by atoms with Crippen LogP contribution in [0.4, 0.5) is 5.69 Å². The minimum absolute atomic E-state index is 0.000785. The van der Waals surface area contributed by atoms with Crippen LogP contribution in [-0.2, 0) is 32.6 Å². The molecule has 2 amide bonds. The number of nitrogens with zero attached hydrogens (tertiary/aromatic N) is 2. The van der Waals surface area contributed by atoms with E-state index in [0.717, 1.165) is 9.87 Å². The number of sulfonamides is 1. The molecule has 12 heteroatoms. The van der Waals surface area contributed by atoms with E-state index in [1.807, 2.05) is 51.1 Å². The number of nitrogens with one attached hydrogen (secondary N) is 1. The number of rotatable bonds is 11. The van der Waals surface area contributed by atoms with E-state index in [1.165, 1.54) is 35.2 Å². The predicted molar refractivity (Wildman–Crippen MR) is 186 cm³/mol. The molecule has 4 rings (SSSR count). The number of hydrogen-bond donors (Lipinski definition) is 1. The number of carbonyl (C=O) groups excluding carboxylic acids is 2. The average molecular weight is 722 g/mol. The molecule has 0 saturated heterocycles. The fourth-order valence-electron chi connectivity index (χ4n) is 4.77. The Labute approximate surface area is 290 Å². The van der Waals surface area contributed by atoms with Crippen LogP contribution < -0.4 is 9.62 Å². The van der Waals surface area contributed by atoms with Gasteiger partial charge in [0.05, 0.1) is 15.6 Å². The van der Waals surface area contributed by atoms with E-state index in [2.05, 4.69) is 5.32 Å². The molecule has 46 heavy (non-hydrogen) atoms. The topological polar surface area (TPSA) is 86.8 Å². The molecule has 0 aliphatic heterocycles. The summed E-state index contributed by atoms with van der Waals surface area (Å²) in [6.45, 7) is 4.59. The Balaban J connectivity index is 1.88. The summed E-state index contributed by atoms with van der Waals surface area (Å²) in [5, 5.41) is 3.82. The molecule has 1 N–H and O–H groups in total. The fourth-order valence-corrected chi connectivity index (χ4v) is 7.17. The van der Waals surface area contributed by atoms with E-state index in [-0.39, 0.29) is 43.6 Å². The summed E-state index contributed by atoms with van der Waals surface area (Å²) in [4.78, 5) is 29.9. The van der Waals surface area contributed by atoms with Crippen LogP contribution in [0.3, 0.4) is 0 Å². The Bertz CT molecular complexity index is 1780. The molecule has 0 saturated carbocycles. The average Bonchev–Trinajstić information content (AvgIpc) is 3.00. The van der Waals surface area contributed by atoms with Gasteiger partial charge >= 0.3 is 0 Å². The van der Waals surface area contributed by atoms with Gasteiger partial charge in [0, 0.05) is 39.1 Å². The summed E-state index contributed by atoms with van der Waals surface area (Å²) in [6.07, 6.45) is 0.125. The van der Waals surface area contributed by atoms with Crippen LogP contribution in [0, 0.1) is 0 Å². The van der Waals surface area contributed by atoms with Crippen LogP contribution in [0.15, 0.2) is 102 Å². The minimum Gasteiger partial charge on any atom is -0.350 e. The van der Waals surface area contributed by atoms with Gasteiger partial charge in [-0.3, -0.25) is 13.9 Å². The van der Waals surface area contributed by atoms with Gasteiger partial charge in [-0.15, -0.1) is 0 Å². The second-order valence-electron chi connectivity index (χ2n) is 11.6. The highest BCUT2D eigenvalue weighted by molar-refractivity contribution is 7.92. The van der Waals surface area contributed by atoms with Crippen molar-refractivity contribution in [2.45, 2.75) is 50.2 Å². The maximum atomic E-state index is 14.6. The molecule has 1 atom stereocenters. The lowest BCUT2D eigenvalue weighted by molar-refractivity contribution is -0.140. The van der Waals surface area contributed by atoms with Crippen LogP contribution >= 0.6 is 46.4 Å². The molecule has 0 aliphatic rings. The molecular weight excluding hydrogens is 688 g/mol. The first-order chi connectivity index (χ1) is 21.7. The molecule has 0 aliphatic carbocycles. The quantitative estimate of drug-likeness (QED) is 0.170. The first-order valence-electron chi connectivity index (χ1n) is 14.3. The van der Waals surface area contributed by atoms with Crippen molar-refractivity contribution in [2.24, 2.45) is 0 Å². The van der Waals surface area contributed by atoms with E-state index < -0.39 is 40.0 Å². The number of hydrogen-bond acceptors (Lipinski definition) is 4. The summed E-state index contributed by atoms with van der Waals surface area (Å²) < 4.78 is 29.2. The minimum atomic E-state index is -4.35. The lowest BCUT2D eigenvalue weighted by Crippen LogP contribution is -2.56. The third-order valence-corrected chi connectivity index (χ3v) is 9.98. The van der Waals surface area contributed by atoms with Gasteiger partial charge in [-0.05, 0) is 68.8 Å². The van der Waals surface area contributed by atoms with E-state index >= 15 is 0 Å². The van der Waals surface area contributed by atoms with Crippen LogP contribution in [0.25, 0.3) is 0 Å². The van der Waals surface area contributed by atoms with Gasteiger partial charge in [0.1, 0.15) is 12.6 Å². The van der Waals surface area contributed by atoms with Crippen molar-refractivity contribution in [1.29, 1.82) is 0 Å². The van der Waals surface area contributed by atoms with Gasteiger partial charge in [-0.1, -0.05) is 101 Å². The van der Waals surface area contributed by atoms with Gasteiger partial charge in [-0.25, -0.2) is 8.42 Å². The number of carbonyl (C=O) groups is 2. The van der Waals surface area contributed by atoms with E-state index in [0.29, 0.717) is 5.56 Å². The van der Waals surface area contributed by atoms with Gasteiger partial charge in [0.25, 0.3) is 10.0 Å². The standard InChI is InChI=1S/C34H33Cl4N3O4S/c1-34(2,3)39-33(43)31(19-23-11-6-4-7-12-23)40(21-26-27(36)15-10-16-28(26)37)32(42)22-41(30-20-24(35)17-18-29(30)38)46(44,45)25-13-8-5-9-14-25/h4-18,20,31H,19,21-22H2,1-3H3,(H,39,43). The Hall–Kier alpha value is -3.27. The van der Waals surface area contributed by atoms with Crippen molar-refractivity contribution in [1.82, 2.24) is 10.2 Å². The largest absolute Gasteiger partial charge is 0.350 e. The molecule has 7 nitrogen and oxygen atoms in total.